The first-order valence-electron chi connectivity index (χ1n) is 8.79. The number of nitrogens with zero attached hydrogens (tertiary/aromatic N) is 3. The number of nitrogens with one attached hydrogen (secondary N) is 2. The van der Waals surface area contributed by atoms with Crippen molar-refractivity contribution in [3.63, 3.8) is 0 Å². The van der Waals surface area contributed by atoms with Crippen molar-refractivity contribution >= 4 is 40.1 Å². The molecule has 28 heavy (non-hydrogen) atoms. The summed E-state index contributed by atoms with van der Waals surface area (Å²) in [6.45, 7) is 5.51. The molecule has 4 rings (SSSR count). The molecule has 0 spiro atoms. The van der Waals surface area contributed by atoms with Crippen LogP contribution in [0.5, 0.6) is 11.6 Å². The van der Waals surface area contributed by atoms with Gasteiger partial charge in [-0.3, -0.25) is 4.99 Å². The number of aliphatic imine (C=N–C) groups is 1. The number of guanidine groups is 1. The standard InChI is InChI=1S/C20H18ClN5OS/c1-2-13-11-14(6-7-16(13)21)27-18-15(5-3-8-22-18)17-12-28-20(25-17)26-19-23-9-4-10-24-19/h2-3,5-8,11-12H,1,4,9-10H2,(H2,23,24,25,26). The Morgan fingerprint density at radius 3 is 3.07 bits per heavy atom. The zero-order chi connectivity index (χ0) is 19.3. The van der Waals surface area contributed by atoms with Gasteiger partial charge in [-0.1, -0.05) is 24.3 Å². The van der Waals surface area contributed by atoms with Gasteiger partial charge in [0.25, 0.3) is 0 Å². The fourth-order valence-electron chi connectivity index (χ4n) is 2.69. The number of hydrogen-bond acceptors (Lipinski definition) is 7. The van der Waals surface area contributed by atoms with Crippen molar-refractivity contribution in [1.82, 2.24) is 15.3 Å². The Morgan fingerprint density at radius 2 is 2.25 bits per heavy atom. The predicted molar refractivity (Wildman–Crippen MR) is 116 cm³/mol. The lowest BCUT2D eigenvalue weighted by Crippen LogP contribution is -2.35. The molecule has 8 heteroatoms. The van der Waals surface area contributed by atoms with Gasteiger partial charge in [-0.25, -0.2) is 9.97 Å². The number of anilines is 1. The molecule has 1 aromatic carbocycles. The lowest BCUT2D eigenvalue weighted by atomic mass is 10.2. The molecule has 0 aliphatic carbocycles. The quantitative estimate of drug-likeness (QED) is 0.614. The number of ether oxygens (including phenoxy) is 1. The molecule has 0 atom stereocenters. The minimum Gasteiger partial charge on any atom is -0.438 e. The van der Waals surface area contributed by atoms with E-state index in [-0.39, 0.29) is 0 Å². The summed E-state index contributed by atoms with van der Waals surface area (Å²) >= 11 is 7.64. The largest absolute Gasteiger partial charge is 0.438 e. The third-order valence-corrected chi connectivity index (χ3v) is 5.18. The highest BCUT2D eigenvalue weighted by Gasteiger charge is 2.14. The first-order chi connectivity index (χ1) is 13.7. The second kappa shape index (κ2) is 8.41. The average molecular weight is 412 g/mol. The Morgan fingerprint density at radius 1 is 1.32 bits per heavy atom. The number of rotatable bonds is 5. The minimum absolute atomic E-state index is 0.477. The van der Waals surface area contributed by atoms with Crippen LogP contribution in [0.15, 0.2) is 53.5 Å². The van der Waals surface area contributed by atoms with E-state index in [4.69, 9.17) is 16.3 Å². The van der Waals surface area contributed by atoms with Gasteiger partial charge in [-0.2, -0.15) is 0 Å². The summed E-state index contributed by atoms with van der Waals surface area (Å²) in [6.07, 6.45) is 4.42. The van der Waals surface area contributed by atoms with Gasteiger partial charge in [-0.15, -0.1) is 11.3 Å². The van der Waals surface area contributed by atoms with E-state index >= 15 is 0 Å². The van der Waals surface area contributed by atoms with Crippen molar-refractivity contribution in [2.75, 3.05) is 18.4 Å². The smallest absolute Gasteiger partial charge is 0.228 e. The Kier molecular flexibility index (Phi) is 5.55. The molecular formula is C20H18ClN5OS. The SMILES string of the molecule is C=Cc1cc(Oc2ncccc2-c2csc(NC3=NCCCN3)n2)ccc1Cl. The number of pyridine rings is 1. The van der Waals surface area contributed by atoms with Crippen molar-refractivity contribution in [2.24, 2.45) is 4.99 Å². The normalized spacial score (nSPS) is 13.4. The fourth-order valence-corrected chi connectivity index (χ4v) is 3.60. The van der Waals surface area contributed by atoms with Gasteiger partial charge in [0, 0.05) is 29.7 Å². The maximum atomic E-state index is 6.14. The highest BCUT2D eigenvalue weighted by Crippen LogP contribution is 2.34. The van der Waals surface area contributed by atoms with Crippen molar-refractivity contribution in [1.29, 1.82) is 0 Å². The molecular weight excluding hydrogens is 394 g/mol. The van der Waals surface area contributed by atoms with Gasteiger partial charge < -0.3 is 15.4 Å². The van der Waals surface area contributed by atoms with E-state index in [1.807, 2.05) is 23.6 Å². The predicted octanol–water partition coefficient (Wildman–Crippen LogP) is 5.06. The van der Waals surface area contributed by atoms with Crippen LogP contribution in [0.3, 0.4) is 0 Å². The molecule has 1 aliphatic rings. The fraction of sp³-hybridized carbons (Fsp3) is 0.150. The molecule has 0 saturated heterocycles. The lowest BCUT2D eigenvalue weighted by Gasteiger charge is -2.14. The Bertz CT molecular complexity index is 1030. The van der Waals surface area contributed by atoms with Crippen molar-refractivity contribution in [2.45, 2.75) is 6.42 Å². The first kappa shape index (κ1) is 18.5. The minimum atomic E-state index is 0.477. The van der Waals surface area contributed by atoms with E-state index < -0.39 is 0 Å². The van der Waals surface area contributed by atoms with E-state index in [9.17, 15) is 0 Å². The number of thiazole rings is 1. The van der Waals surface area contributed by atoms with Crippen LogP contribution < -0.4 is 15.4 Å². The molecule has 1 aliphatic heterocycles. The molecule has 0 radical (unpaired) electrons. The lowest BCUT2D eigenvalue weighted by molar-refractivity contribution is 0.464. The Hall–Kier alpha value is -2.90. The third kappa shape index (κ3) is 4.16. The zero-order valence-electron chi connectivity index (χ0n) is 15.0. The molecule has 0 unspecified atom stereocenters. The number of halogens is 1. The van der Waals surface area contributed by atoms with Gasteiger partial charge in [0.1, 0.15) is 5.75 Å². The summed E-state index contributed by atoms with van der Waals surface area (Å²) in [6, 6.07) is 9.20. The van der Waals surface area contributed by atoms with Crippen LogP contribution in [0.25, 0.3) is 17.3 Å². The van der Waals surface area contributed by atoms with Crippen LogP contribution in [-0.4, -0.2) is 29.0 Å². The summed E-state index contributed by atoms with van der Waals surface area (Å²) in [5.74, 6) is 1.87. The van der Waals surface area contributed by atoms with E-state index in [1.165, 1.54) is 11.3 Å². The summed E-state index contributed by atoms with van der Waals surface area (Å²) in [5.41, 5.74) is 2.39. The van der Waals surface area contributed by atoms with Gasteiger partial charge in [0.2, 0.25) is 5.88 Å². The summed E-state index contributed by atoms with van der Waals surface area (Å²) in [5, 5.41) is 9.80. The molecule has 3 aromatic rings. The van der Waals surface area contributed by atoms with Crippen LogP contribution in [-0.2, 0) is 0 Å². The second-order valence-electron chi connectivity index (χ2n) is 6.02. The number of hydrogen-bond donors (Lipinski definition) is 2. The topological polar surface area (TPSA) is 71.4 Å². The van der Waals surface area contributed by atoms with Gasteiger partial charge in [0.15, 0.2) is 11.1 Å². The van der Waals surface area contributed by atoms with Crippen LogP contribution >= 0.6 is 22.9 Å². The molecule has 3 heterocycles. The molecule has 0 saturated carbocycles. The molecule has 6 nitrogen and oxygen atoms in total. The van der Waals surface area contributed by atoms with Crippen molar-refractivity contribution in [3.05, 3.63) is 59.1 Å². The molecule has 0 bridgehead atoms. The van der Waals surface area contributed by atoms with Crippen LogP contribution in [0.4, 0.5) is 5.13 Å². The Labute approximate surface area is 172 Å². The van der Waals surface area contributed by atoms with E-state index in [0.717, 1.165) is 47.4 Å². The first-order valence-corrected chi connectivity index (χ1v) is 10.0. The van der Waals surface area contributed by atoms with E-state index in [1.54, 1.807) is 24.4 Å². The van der Waals surface area contributed by atoms with Gasteiger partial charge >= 0.3 is 0 Å². The van der Waals surface area contributed by atoms with Crippen molar-refractivity contribution in [3.8, 4) is 22.9 Å². The third-order valence-electron chi connectivity index (χ3n) is 4.08. The summed E-state index contributed by atoms with van der Waals surface area (Å²) in [7, 11) is 0. The molecule has 142 valence electrons. The summed E-state index contributed by atoms with van der Waals surface area (Å²) < 4.78 is 6.01. The maximum absolute atomic E-state index is 6.14. The second-order valence-corrected chi connectivity index (χ2v) is 7.28. The maximum Gasteiger partial charge on any atom is 0.228 e. The van der Waals surface area contributed by atoms with Gasteiger partial charge in [0.05, 0.1) is 11.3 Å². The number of benzene rings is 1. The zero-order valence-corrected chi connectivity index (χ0v) is 16.6. The van der Waals surface area contributed by atoms with E-state index in [0.29, 0.717) is 16.7 Å². The van der Waals surface area contributed by atoms with Gasteiger partial charge in [-0.05, 0) is 42.3 Å². The van der Waals surface area contributed by atoms with Crippen LogP contribution in [0, 0.1) is 0 Å². The van der Waals surface area contributed by atoms with E-state index in [2.05, 4.69) is 32.2 Å². The molecule has 0 fully saturated rings. The highest BCUT2D eigenvalue weighted by molar-refractivity contribution is 7.14. The number of aromatic nitrogens is 2. The van der Waals surface area contributed by atoms with Crippen molar-refractivity contribution < 1.29 is 4.74 Å². The monoisotopic (exact) mass is 411 g/mol. The molecule has 2 aromatic heterocycles. The summed E-state index contributed by atoms with van der Waals surface area (Å²) in [4.78, 5) is 13.4. The van der Waals surface area contributed by atoms with Crippen LogP contribution in [0.1, 0.15) is 12.0 Å². The van der Waals surface area contributed by atoms with Crippen LogP contribution in [0.2, 0.25) is 5.02 Å². The average Bonchev–Trinajstić information content (AvgIpc) is 3.19. The highest BCUT2D eigenvalue weighted by atomic mass is 35.5. The Balaban J connectivity index is 1.58. The molecule has 0 amide bonds. The molecule has 2 N–H and O–H groups in total.